The second-order valence-electron chi connectivity index (χ2n) is 11.7. The number of aliphatic hydroxyl groups excluding tert-OH is 1. The lowest BCUT2D eigenvalue weighted by atomic mass is 9.89. The lowest BCUT2D eigenvalue weighted by Gasteiger charge is -2.21. The molecule has 16 heteroatoms. The van der Waals surface area contributed by atoms with Gasteiger partial charge in [0.15, 0.2) is 0 Å². The van der Waals surface area contributed by atoms with Gasteiger partial charge in [0.2, 0.25) is 35.6 Å². The summed E-state index contributed by atoms with van der Waals surface area (Å²) in [6.45, 7) is 17.9. The molecule has 0 aliphatic carbocycles. The Bertz CT molecular complexity index is 1020. The van der Waals surface area contributed by atoms with E-state index in [2.05, 4.69) is 26.6 Å². The van der Waals surface area contributed by atoms with Crippen molar-refractivity contribution in [2.75, 3.05) is 39.4 Å². The van der Waals surface area contributed by atoms with Gasteiger partial charge in [-0.15, -0.1) is 0 Å². The van der Waals surface area contributed by atoms with Gasteiger partial charge in [-0.1, -0.05) is 41.5 Å². The molecule has 272 valence electrons. The molecule has 0 radical (unpaired) electrons. The van der Waals surface area contributed by atoms with Crippen molar-refractivity contribution >= 4 is 47.3 Å². The van der Waals surface area contributed by atoms with Crippen LogP contribution in [-0.2, 0) is 47.8 Å². The maximum absolute atomic E-state index is 11.9. The number of ketones is 1. The molecule has 47 heavy (non-hydrogen) atoms. The van der Waals surface area contributed by atoms with Crippen molar-refractivity contribution < 1.29 is 52.9 Å². The van der Waals surface area contributed by atoms with Crippen molar-refractivity contribution in [2.45, 2.75) is 101 Å². The Morgan fingerprint density at radius 1 is 0.617 bits per heavy atom. The summed E-state index contributed by atoms with van der Waals surface area (Å²) in [6.07, 6.45) is 0.929. The van der Waals surface area contributed by atoms with E-state index < -0.39 is 60.3 Å². The smallest absolute Gasteiger partial charge is 0.340 e. The van der Waals surface area contributed by atoms with Gasteiger partial charge in [-0.25, -0.2) is 9.59 Å². The molecule has 5 amide bonds. The summed E-state index contributed by atoms with van der Waals surface area (Å²) < 4.78 is 9.42. The number of Topliss-reactive ketones (excluding diaryl/α,β-unsaturated/α-hetero) is 1. The normalized spacial score (nSPS) is 11.2. The maximum atomic E-state index is 11.9. The van der Waals surface area contributed by atoms with Gasteiger partial charge in [0, 0.05) is 17.4 Å². The lowest BCUT2D eigenvalue weighted by Crippen LogP contribution is -2.51. The van der Waals surface area contributed by atoms with Crippen molar-refractivity contribution in [3.05, 3.63) is 0 Å². The molecule has 0 fully saturated rings. The molecular formula is C31H57N5O11. The molecule has 0 heterocycles. The number of nitrogens with one attached hydrogen (secondary N) is 5. The third-order valence-electron chi connectivity index (χ3n) is 6.21. The minimum absolute atomic E-state index is 0.00254. The van der Waals surface area contributed by atoms with Gasteiger partial charge in [0.25, 0.3) is 0 Å². The first-order valence-electron chi connectivity index (χ1n) is 15.5. The van der Waals surface area contributed by atoms with Crippen LogP contribution in [-0.4, -0.2) is 104 Å². The van der Waals surface area contributed by atoms with Gasteiger partial charge in [-0.05, 0) is 47.5 Å². The quantitative estimate of drug-likeness (QED) is 0.0879. The number of amides is 5. The van der Waals surface area contributed by atoms with E-state index in [-0.39, 0.29) is 42.8 Å². The standard InChI is InChI=1S/C19H32N4O8.C9H19NO2.C3H6O/c1-6-19(4,5)18(29)22-10-13(25)20-9-12(24)21-11-14(26)23-15(16(27)30-7-2)17(28)31-8-3;1-5-9(3,4)8(12)10-6-7(2)11;1-3(2)4/h15H,6-11H2,1-5H3,(H,20,25)(H,21,24)(H,22,29)(H,23,26);7,11H,5-6H2,1-4H3,(H,10,12);1-2H3. The van der Waals surface area contributed by atoms with Crippen LogP contribution in [0.4, 0.5) is 0 Å². The minimum atomic E-state index is -1.65. The molecule has 0 rings (SSSR count). The average Bonchev–Trinajstić information content (AvgIpc) is 2.99. The van der Waals surface area contributed by atoms with Gasteiger partial charge in [-0.3, -0.25) is 24.0 Å². The van der Waals surface area contributed by atoms with Crippen molar-refractivity contribution in [1.29, 1.82) is 0 Å². The van der Waals surface area contributed by atoms with Gasteiger partial charge < -0.3 is 46.0 Å². The summed E-state index contributed by atoms with van der Waals surface area (Å²) in [7, 11) is 0. The second kappa shape index (κ2) is 25.1. The molecule has 1 unspecified atom stereocenters. The predicted octanol–water partition coefficient (Wildman–Crippen LogP) is -0.103. The molecule has 0 aliphatic rings. The molecule has 16 nitrogen and oxygen atoms in total. The van der Waals surface area contributed by atoms with E-state index in [1.807, 2.05) is 27.7 Å². The summed E-state index contributed by atoms with van der Waals surface area (Å²) in [5.41, 5.74) is -0.940. The molecule has 0 aromatic carbocycles. The van der Waals surface area contributed by atoms with Crippen molar-refractivity contribution in [3.8, 4) is 0 Å². The van der Waals surface area contributed by atoms with E-state index in [9.17, 15) is 38.4 Å². The second-order valence-corrected chi connectivity index (χ2v) is 11.7. The highest BCUT2D eigenvalue weighted by molar-refractivity contribution is 6.03. The van der Waals surface area contributed by atoms with Gasteiger partial charge >= 0.3 is 11.9 Å². The van der Waals surface area contributed by atoms with Crippen LogP contribution in [0.1, 0.15) is 89.0 Å². The van der Waals surface area contributed by atoms with E-state index in [1.54, 1.807) is 20.8 Å². The van der Waals surface area contributed by atoms with Crippen LogP contribution >= 0.6 is 0 Å². The summed E-state index contributed by atoms with van der Waals surface area (Å²) >= 11 is 0. The van der Waals surface area contributed by atoms with E-state index in [1.165, 1.54) is 27.7 Å². The number of carbonyl (C=O) groups is 8. The number of hydrogen-bond donors (Lipinski definition) is 6. The van der Waals surface area contributed by atoms with Gasteiger partial charge in [-0.2, -0.15) is 0 Å². The Kier molecular flexibility index (Phi) is 25.2. The van der Waals surface area contributed by atoms with Crippen LogP contribution in [0.2, 0.25) is 0 Å². The molecular weight excluding hydrogens is 618 g/mol. The zero-order chi connectivity index (χ0) is 37.4. The van der Waals surface area contributed by atoms with Crippen LogP contribution in [0.5, 0.6) is 0 Å². The number of carbonyl (C=O) groups excluding carboxylic acids is 8. The van der Waals surface area contributed by atoms with E-state index >= 15 is 0 Å². The first kappa shape index (κ1) is 47.3. The highest BCUT2D eigenvalue weighted by atomic mass is 16.6. The fraction of sp³-hybridized carbons (Fsp3) is 0.742. The Morgan fingerprint density at radius 2 is 0.957 bits per heavy atom. The topological polar surface area (TPSA) is 235 Å². The summed E-state index contributed by atoms with van der Waals surface area (Å²) in [5, 5.41) is 20.7. The minimum Gasteiger partial charge on any atom is -0.464 e. The Balaban J connectivity index is -0.000000994. The summed E-state index contributed by atoms with van der Waals surface area (Å²) in [4.78, 5) is 91.8. The number of ether oxygens (including phenoxy) is 2. The van der Waals surface area contributed by atoms with Crippen molar-refractivity contribution in [2.24, 2.45) is 10.8 Å². The number of aliphatic hydroxyl groups is 1. The molecule has 0 aromatic rings. The number of rotatable bonds is 17. The van der Waals surface area contributed by atoms with Crippen LogP contribution in [0, 0.1) is 10.8 Å². The fourth-order valence-corrected chi connectivity index (χ4v) is 2.56. The number of esters is 2. The highest BCUT2D eigenvalue weighted by Crippen LogP contribution is 2.19. The third kappa shape index (κ3) is 24.8. The van der Waals surface area contributed by atoms with Crippen LogP contribution in [0.15, 0.2) is 0 Å². The molecule has 0 spiro atoms. The molecule has 6 N–H and O–H groups in total. The highest BCUT2D eigenvalue weighted by Gasteiger charge is 2.31. The Labute approximate surface area is 278 Å². The fourth-order valence-electron chi connectivity index (χ4n) is 2.56. The predicted molar refractivity (Wildman–Crippen MR) is 173 cm³/mol. The molecule has 0 saturated heterocycles. The average molecular weight is 676 g/mol. The van der Waals surface area contributed by atoms with E-state index in [0.717, 1.165) is 6.42 Å². The maximum Gasteiger partial charge on any atom is 0.340 e. The van der Waals surface area contributed by atoms with Gasteiger partial charge in [0.05, 0.1) is 39.0 Å². The molecule has 1 atom stereocenters. The molecule has 0 aliphatic heterocycles. The lowest BCUT2D eigenvalue weighted by molar-refractivity contribution is -0.159. The van der Waals surface area contributed by atoms with Crippen molar-refractivity contribution in [3.63, 3.8) is 0 Å². The van der Waals surface area contributed by atoms with Crippen LogP contribution in [0.3, 0.4) is 0 Å². The molecule has 0 aromatic heterocycles. The first-order valence-corrected chi connectivity index (χ1v) is 15.5. The summed E-state index contributed by atoms with van der Waals surface area (Å²) in [5.74, 6) is -4.19. The zero-order valence-electron chi connectivity index (χ0n) is 29.8. The Morgan fingerprint density at radius 3 is 1.30 bits per heavy atom. The summed E-state index contributed by atoms with van der Waals surface area (Å²) in [6, 6.07) is -1.65. The van der Waals surface area contributed by atoms with Crippen LogP contribution < -0.4 is 26.6 Å². The van der Waals surface area contributed by atoms with E-state index in [4.69, 9.17) is 14.6 Å². The number of hydrogen-bond acceptors (Lipinski definition) is 11. The SMILES string of the molecule is CC(C)=O.CCC(C)(C)C(=O)NCC(C)O.CCOC(=O)C(NC(=O)CNC(=O)CNC(=O)CNC(=O)C(C)(C)CC)C(=O)OCC. The molecule has 0 bridgehead atoms. The van der Waals surface area contributed by atoms with Crippen molar-refractivity contribution in [1.82, 2.24) is 26.6 Å². The first-order chi connectivity index (χ1) is 21.6. The zero-order valence-corrected chi connectivity index (χ0v) is 29.8. The van der Waals surface area contributed by atoms with Crippen LogP contribution in [0.25, 0.3) is 0 Å². The molecule has 0 saturated carbocycles. The Hall–Kier alpha value is -4.08. The van der Waals surface area contributed by atoms with E-state index in [0.29, 0.717) is 13.0 Å². The monoisotopic (exact) mass is 675 g/mol. The van der Waals surface area contributed by atoms with Gasteiger partial charge in [0.1, 0.15) is 5.78 Å². The largest absolute Gasteiger partial charge is 0.464 e. The third-order valence-corrected chi connectivity index (χ3v) is 6.21.